The van der Waals surface area contributed by atoms with Gasteiger partial charge in [0.25, 0.3) is 0 Å². The normalized spacial score (nSPS) is 18.0. The summed E-state index contributed by atoms with van der Waals surface area (Å²) in [5.41, 5.74) is 0.814. The maximum atomic E-state index is 5.55. The van der Waals surface area contributed by atoms with Gasteiger partial charge >= 0.3 is 0 Å². The molecule has 1 atom stereocenters. The van der Waals surface area contributed by atoms with Crippen molar-refractivity contribution in [2.45, 2.75) is 45.1 Å². The Morgan fingerprint density at radius 1 is 1.30 bits per heavy atom. The first kappa shape index (κ1) is 17.8. The van der Waals surface area contributed by atoms with Crippen LogP contribution in [0.15, 0.2) is 10.7 Å². The van der Waals surface area contributed by atoms with Gasteiger partial charge < -0.3 is 14.2 Å². The lowest BCUT2D eigenvalue weighted by molar-refractivity contribution is 0.178. The predicted molar refractivity (Wildman–Crippen MR) is 99.6 cm³/mol. The number of piperidine rings is 1. The van der Waals surface area contributed by atoms with Crippen LogP contribution in [0.3, 0.4) is 0 Å². The highest BCUT2D eigenvalue weighted by molar-refractivity contribution is 5.87. The molecule has 27 heavy (non-hydrogen) atoms. The minimum absolute atomic E-state index is 0.200. The topological polar surface area (TPSA) is 95.0 Å². The smallest absolute Gasteiger partial charge is 0.231 e. The fourth-order valence-corrected chi connectivity index (χ4v) is 3.50. The minimum atomic E-state index is 0.200. The highest BCUT2D eigenvalue weighted by atomic mass is 16.5. The van der Waals surface area contributed by atoms with E-state index in [4.69, 9.17) is 14.2 Å². The average Bonchev–Trinajstić information content (AvgIpc) is 3.30. The number of aryl methyl sites for hydroxylation is 1. The van der Waals surface area contributed by atoms with Gasteiger partial charge in [0.05, 0.1) is 17.5 Å². The number of aromatic nitrogens is 6. The van der Waals surface area contributed by atoms with Gasteiger partial charge in [-0.2, -0.15) is 10.1 Å². The Morgan fingerprint density at radius 2 is 2.15 bits per heavy atom. The van der Waals surface area contributed by atoms with Crippen molar-refractivity contribution in [1.29, 1.82) is 0 Å². The molecule has 0 aromatic carbocycles. The Bertz CT molecular complexity index is 933. The third-order valence-corrected chi connectivity index (χ3v) is 4.94. The first-order valence-electron chi connectivity index (χ1n) is 9.32. The lowest BCUT2D eigenvalue weighted by Crippen LogP contribution is -2.35. The van der Waals surface area contributed by atoms with Gasteiger partial charge in [-0.15, -0.1) is 0 Å². The molecule has 0 bridgehead atoms. The molecule has 144 valence electrons. The van der Waals surface area contributed by atoms with Crippen molar-refractivity contribution >= 4 is 16.9 Å². The van der Waals surface area contributed by atoms with Gasteiger partial charge in [-0.3, -0.25) is 4.68 Å². The van der Waals surface area contributed by atoms with Gasteiger partial charge in [0.1, 0.15) is 12.4 Å². The molecule has 0 unspecified atom stereocenters. The highest BCUT2D eigenvalue weighted by Crippen LogP contribution is 2.32. The van der Waals surface area contributed by atoms with Gasteiger partial charge in [0.15, 0.2) is 17.3 Å². The van der Waals surface area contributed by atoms with E-state index in [0.717, 1.165) is 54.5 Å². The maximum Gasteiger partial charge on any atom is 0.231 e. The van der Waals surface area contributed by atoms with Crippen molar-refractivity contribution in [1.82, 2.24) is 29.9 Å². The van der Waals surface area contributed by atoms with Crippen molar-refractivity contribution in [3.63, 3.8) is 0 Å². The van der Waals surface area contributed by atoms with Crippen LogP contribution in [-0.4, -0.2) is 50.1 Å². The number of hydrogen-bond acceptors (Lipinski definition) is 8. The summed E-state index contributed by atoms with van der Waals surface area (Å²) in [6.45, 7) is 6.22. The van der Waals surface area contributed by atoms with Crippen molar-refractivity contribution in [3.8, 4) is 0 Å². The van der Waals surface area contributed by atoms with E-state index in [0.29, 0.717) is 12.4 Å². The molecule has 1 aliphatic rings. The number of methoxy groups -OCH3 is 1. The fraction of sp³-hybridized carbons (Fsp3) is 0.611. The minimum Gasteiger partial charge on any atom is -0.377 e. The van der Waals surface area contributed by atoms with E-state index in [1.54, 1.807) is 11.8 Å². The van der Waals surface area contributed by atoms with E-state index in [1.165, 1.54) is 0 Å². The molecule has 9 heteroatoms. The molecular weight excluding hydrogens is 346 g/mol. The number of rotatable bonds is 5. The van der Waals surface area contributed by atoms with E-state index in [9.17, 15) is 0 Å². The largest absolute Gasteiger partial charge is 0.377 e. The lowest BCUT2D eigenvalue weighted by Gasteiger charge is -2.32. The molecule has 9 nitrogen and oxygen atoms in total. The van der Waals surface area contributed by atoms with Crippen LogP contribution >= 0.6 is 0 Å². The second kappa shape index (κ2) is 7.22. The zero-order valence-electron chi connectivity index (χ0n) is 16.2. The van der Waals surface area contributed by atoms with Crippen molar-refractivity contribution in [3.05, 3.63) is 23.7 Å². The molecule has 3 aromatic rings. The van der Waals surface area contributed by atoms with E-state index in [-0.39, 0.29) is 11.8 Å². The summed E-state index contributed by atoms with van der Waals surface area (Å²) >= 11 is 0. The SMILES string of the molecule is COCc1nc(N2CCC[C@@H](c3nc(C(C)C)no3)C2)c2cnn(C)c2n1. The summed E-state index contributed by atoms with van der Waals surface area (Å²) < 4.78 is 12.6. The third-order valence-electron chi connectivity index (χ3n) is 4.94. The second-order valence-electron chi connectivity index (χ2n) is 7.33. The van der Waals surface area contributed by atoms with Gasteiger partial charge in [-0.25, -0.2) is 9.97 Å². The highest BCUT2D eigenvalue weighted by Gasteiger charge is 2.29. The average molecular weight is 371 g/mol. The molecule has 0 saturated carbocycles. The van der Waals surface area contributed by atoms with E-state index in [1.807, 2.05) is 13.2 Å². The summed E-state index contributed by atoms with van der Waals surface area (Å²) in [6.07, 6.45) is 3.90. The summed E-state index contributed by atoms with van der Waals surface area (Å²) in [5.74, 6) is 3.50. The molecule has 0 radical (unpaired) electrons. The van der Waals surface area contributed by atoms with Crippen LogP contribution in [-0.2, 0) is 18.4 Å². The number of ether oxygens (including phenoxy) is 1. The summed E-state index contributed by atoms with van der Waals surface area (Å²) in [5, 5.41) is 9.43. The van der Waals surface area contributed by atoms with Crippen LogP contribution in [0.5, 0.6) is 0 Å². The Morgan fingerprint density at radius 3 is 2.89 bits per heavy atom. The monoisotopic (exact) mass is 371 g/mol. The third kappa shape index (κ3) is 3.39. The second-order valence-corrected chi connectivity index (χ2v) is 7.33. The number of nitrogens with zero attached hydrogens (tertiary/aromatic N) is 7. The first-order valence-corrected chi connectivity index (χ1v) is 9.32. The Hall–Kier alpha value is -2.55. The first-order chi connectivity index (χ1) is 13.1. The molecule has 3 aromatic heterocycles. The van der Waals surface area contributed by atoms with Gasteiger partial charge in [0, 0.05) is 33.2 Å². The Labute approximate surface area is 157 Å². The zero-order chi connectivity index (χ0) is 19.0. The lowest BCUT2D eigenvalue weighted by atomic mass is 9.97. The molecule has 4 heterocycles. The Balaban J connectivity index is 1.66. The van der Waals surface area contributed by atoms with E-state index >= 15 is 0 Å². The molecular formula is C18H25N7O2. The molecule has 0 amide bonds. The standard InChI is InChI=1S/C18H25N7O2/c1-11(2)15-22-18(27-23-15)12-6-5-7-25(9-12)17-13-8-19-24(3)16(13)20-14(21-17)10-26-4/h8,11-12H,5-7,9-10H2,1-4H3/t12-/m1/s1. The molecule has 0 N–H and O–H groups in total. The van der Waals surface area contributed by atoms with Crippen molar-refractivity contribution in [2.75, 3.05) is 25.1 Å². The summed E-state index contributed by atoms with van der Waals surface area (Å²) in [6, 6.07) is 0. The maximum absolute atomic E-state index is 5.55. The number of anilines is 1. The van der Waals surface area contributed by atoms with E-state index in [2.05, 4.69) is 39.0 Å². The fourth-order valence-electron chi connectivity index (χ4n) is 3.50. The molecule has 1 saturated heterocycles. The number of hydrogen-bond donors (Lipinski definition) is 0. The molecule has 4 rings (SSSR count). The molecule has 1 aliphatic heterocycles. The number of fused-ring (bicyclic) bond motifs is 1. The Kier molecular flexibility index (Phi) is 4.77. The van der Waals surface area contributed by atoms with Crippen LogP contribution < -0.4 is 4.90 Å². The zero-order valence-corrected chi connectivity index (χ0v) is 16.2. The van der Waals surface area contributed by atoms with Crippen molar-refractivity contribution < 1.29 is 9.26 Å². The van der Waals surface area contributed by atoms with Crippen LogP contribution in [0, 0.1) is 0 Å². The van der Waals surface area contributed by atoms with Crippen LogP contribution in [0.25, 0.3) is 11.0 Å². The van der Waals surface area contributed by atoms with Crippen molar-refractivity contribution in [2.24, 2.45) is 7.05 Å². The van der Waals surface area contributed by atoms with Gasteiger partial charge in [-0.05, 0) is 12.8 Å². The van der Waals surface area contributed by atoms with Gasteiger partial charge in [-0.1, -0.05) is 19.0 Å². The molecule has 0 spiro atoms. The quantitative estimate of drug-likeness (QED) is 0.675. The van der Waals surface area contributed by atoms with Gasteiger partial charge in [0.2, 0.25) is 5.89 Å². The van der Waals surface area contributed by atoms with E-state index < -0.39 is 0 Å². The molecule has 1 fully saturated rings. The predicted octanol–water partition coefficient (Wildman–Crippen LogP) is 2.40. The van der Waals surface area contributed by atoms with Crippen LogP contribution in [0.4, 0.5) is 5.82 Å². The summed E-state index contributed by atoms with van der Waals surface area (Å²) in [7, 11) is 3.54. The molecule has 0 aliphatic carbocycles. The van der Waals surface area contributed by atoms with Crippen LogP contribution in [0.2, 0.25) is 0 Å². The summed E-state index contributed by atoms with van der Waals surface area (Å²) in [4.78, 5) is 16.2. The van der Waals surface area contributed by atoms with Crippen LogP contribution in [0.1, 0.15) is 56.1 Å².